The molecule has 0 aromatic heterocycles. The number of halogens is 2. The van der Waals surface area contributed by atoms with E-state index in [2.05, 4.69) is 12.2 Å². The highest BCUT2D eigenvalue weighted by molar-refractivity contribution is 6.33. The van der Waals surface area contributed by atoms with Gasteiger partial charge in [-0.15, -0.1) is 0 Å². The molecule has 2 rings (SSSR count). The first-order valence-electron chi connectivity index (χ1n) is 6.88. The van der Waals surface area contributed by atoms with Gasteiger partial charge in [0.05, 0.1) is 6.10 Å². The van der Waals surface area contributed by atoms with E-state index in [-0.39, 0.29) is 5.54 Å². The Morgan fingerprint density at radius 3 is 2.63 bits per heavy atom. The Hall–Kier alpha value is -0.280. The molecule has 4 heteroatoms. The Morgan fingerprint density at radius 2 is 1.95 bits per heavy atom. The Bertz CT molecular complexity index is 430. The van der Waals surface area contributed by atoms with Gasteiger partial charge < -0.3 is 10.4 Å². The highest BCUT2D eigenvalue weighted by Crippen LogP contribution is 2.30. The van der Waals surface area contributed by atoms with Crippen molar-refractivity contribution in [3.05, 3.63) is 33.8 Å². The zero-order valence-electron chi connectivity index (χ0n) is 11.3. The van der Waals surface area contributed by atoms with Crippen LogP contribution >= 0.6 is 23.2 Å². The normalized spacial score (nSPS) is 20.2. The second-order valence-electron chi connectivity index (χ2n) is 5.68. The van der Waals surface area contributed by atoms with Crippen LogP contribution in [-0.2, 0) is 0 Å². The standard InChI is InChI=1S/C15H21Cl2NO/c1-15(7-3-2-4-8-15)18-10-14(19)12-9-11(16)5-6-13(12)17/h5-6,9,14,18-19H,2-4,7-8,10H2,1H3. The van der Waals surface area contributed by atoms with Crippen molar-refractivity contribution in [3.8, 4) is 0 Å². The zero-order chi connectivity index (χ0) is 13.9. The van der Waals surface area contributed by atoms with Gasteiger partial charge >= 0.3 is 0 Å². The largest absolute Gasteiger partial charge is 0.387 e. The summed E-state index contributed by atoms with van der Waals surface area (Å²) in [4.78, 5) is 0. The van der Waals surface area contributed by atoms with E-state index < -0.39 is 6.10 Å². The predicted octanol–water partition coefficient (Wildman–Crippen LogP) is 4.34. The van der Waals surface area contributed by atoms with Gasteiger partial charge in [-0.25, -0.2) is 0 Å². The monoisotopic (exact) mass is 301 g/mol. The predicted molar refractivity (Wildman–Crippen MR) is 80.9 cm³/mol. The summed E-state index contributed by atoms with van der Waals surface area (Å²) in [6.45, 7) is 2.75. The average molecular weight is 302 g/mol. The first kappa shape index (κ1) is 15.1. The zero-order valence-corrected chi connectivity index (χ0v) is 12.8. The number of hydrogen-bond donors (Lipinski definition) is 2. The molecule has 1 aliphatic rings. The number of benzene rings is 1. The lowest BCUT2D eigenvalue weighted by Gasteiger charge is -2.35. The van der Waals surface area contributed by atoms with E-state index in [1.54, 1.807) is 18.2 Å². The van der Waals surface area contributed by atoms with E-state index in [0.29, 0.717) is 22.2 Å². The van der Waals surface area contributed by atoms with E-state index >= 15 is 0 Å². The molecule has 1 fully saturated rings. The fraction of sp³-hybridized carbons (Fsp3) is 0.600. The van der Waals surface area contributed by atoms with Gasteiger partial charge in [0.1, 0.15) is 0 Å². The van der Waals surface area contributed by atoms with E-state index in [9.17, 15) is 5.11 Å². The smallest absolute Gasteiger partial charge is 0.0929 e. The molecule has 1 saturated carbocycles. The Kier molecular flexibility index (Phi) is 5.13. The molecular formula is C15H21Cl2NO. The molecule has 0 aliphatic heterocycles. The van der Waals surface area contributed by atoms with Crippen molar-refractivity contribution >= 4 is 23.2 Å². The van der Waals surface area contributed by atoms with Crippen molar-refractivity contribution in [2.75, 3.05) is 6.54 Å². The van der Waals surface area contributed by atoms with Gasteiger partial charge in [-0.05, 0) is 38.0 Å². The van der Waals surface area contributed by atoms with Gasteiger partial charge in [0, 0.05) is 27.7 Å². The van der Waals surface area contributed by atoms with Gasteiger partial charge in [-0.3, -0.25) is 0 Å². The molecule has 2 N–H and O–H groups in total. The van der Waals surface area contributed by atoms with Crippen molar-refractivity contribution in [2.45, 2.75) is 50.7 Å². The van der Waals surface area contributed by atoms with E-state index in [0.717, 1.165) is 0 Å². The van der Waals surface area contributed by atoms with Crippen molar-refractivity contribution in [1.29, 1.82) is 0 Å². The number of nitrogens with one attached hydrogen (secondary N) is 1. The van der Waals surface area contributed by atoms with Crippen LogP contribution in [0.15, 0.2) is 18.2 Å². The summed E-state index contributed by atoms with van der Waals surface area (Å²) in [6, 6.07) is 5.19. The minimum atomic E-state index is -0.620. The number of β-amino-alcohol motifs (C(OH)–C–C–N with tert-alkyl or cyclic N) is 1. The molecule has 0 saturated heterocycles. The second-order valence-corrected chi connectivity index (χ2v) is 6.53. The summed E-state index contributed by atoms with van der Waals surface area (Å²) in [5.74, 6) is 0. The highest BCUT2D eigenvalue weighted by atomic mass is 35.5. The van der Waals surface area contributed by atoms with Gasteiger partial charge in [0.25, 0.3) is 0 Å². The van der Waals surface area contributed by atoms with Crippen molar-refractivity contribution in [3.63, 3.8) is 0 Å². The molecule has 0 heterocycles. The quantitative estimate of drug-likeness (QED) is 0.867. The van der Waals surface area contributed by atoms with Crippen LogP contribution < -0.4 is 5.32 Å². The van der Waals surface area contributed by atoms with E-state index in [1.165, 1.54) is 32.1 Å². The summed E-state index contributed by atoms with van der Waals surface area (Å²) < 4.78 is 0. The van der Waals surface area contributed by atoms with Crippen LogP contribution in [-0.4, -0.2) is 17.2 Å². The fourth-order valence-corrected chi connectivity index (χ4v) is 3.16. The maximum atomic E-state index is 10.3. The lowest BCUT2D eigenvalue weighted by atomic mass is 9.83. The third-order valence-corrected chi connectivity index (χ3v) is 4.58. The van der Waals surface area contributed by atoms with Crippen molar-refractivity contribution in [2.24, 2.45) is 0 Å². The Morgan fingerprint density at radius 1 is 1.26 bits per heavy atom. The SMILES string of the molecule is CC1(NCC(O)c2cc(Cl)ccc2Cl)CCCCC1. The third kappa shape index (κ3) is 4.09. The summed E-state index contributed by atoms with van der Waals surface area (Å²) in [7, 11) is 0. The molecule has 106 valence electrons. The molecule has 1 aromatic carbocycles. The molecule has 0 amide bonds. The van der Waals surface area contributed by atoms with Crippen molar-refractivity contribution in [1.82, 2.24) is 5.32 Å². The van der Waals surface area contributed by atoms with Crippen LogP contribution in [0.1, 0.15) is 50.7 Å². The van der Waals surface area contributed by atoms with E-state index in [1.807, 2.05) is 0 Å². The van der Waals surface area contributed by atoms with E-state index in [4.69, 9.17) is 23.2 Å². The molecule has 19 heavy (non-hydrogen) atoms. The van der Waals surface area contributed by atoms with Crippen LogP contribution in [0, 0.1) is 0 Å². The molecule has 1 aliphatic carbocycles. The van der Waals surface area contributed by atoms with Gasteiger partial charge in [-0.2, -0.15) is 0 Å². The second kappa shape index (κ2) is 6.45. The maximum Gasteiger partial charge on any atom is 0.0929 e. The molecule has 1 atom stereocenters. The molecule has 0 radical (unpaired) electrons. The number of aliphatic hydroxyl groups excluding tert-OH is 1. The minimum Gasteiger partial charge on any atom is -0.387 e. The van der Waals surface area contributed by atoms with Crippen LogP contribution in [0.25, 0.3) is 0 Å². The lowest BCUT2D eigenvalue weighted by Crippen LogP contribution is -2.45. The first-order chi connectivity index (χ1) is 9.00. The van der Waals surface area contributed by atoms with Crippen LogP contribution in [0.2, 0.25) is 10.0 Å². The molecule has 2 nitrogen and oxygen atoms in total. The maximum absolute atomic E-state index is 10.3. The van der Waals surface area contributed by atoms with Crippen LogP contribution in [0.3, 0.4) is 0 Å². The van der Waals surface area contributed by atoms with Gasteiger partial charge in [-0.1, -0.05) is 42.5 Å². The summed E-state index contributed by atoms with van der Waals surface area (Å²) >= 11 is 12.0. The average Bonchev–Trinajstić information content (AvgIpc) is 2.40. The van der Waals surface area contributed by atoms with Crippen molar-refractivity contribution < 1.29 is 5.11 Å². The topological polar surface area (TPSA) is 32.3 Å². The lowest BCUT2D eigenvalue weighted by molar-refractivity contribution is 0.146. The Balaban J connectivity index is 1.97. The number of aliphatic hydroxyl groups is 1. The molecule has 0 bridgehead atoms. The number of rotatable bonds is 4. The van der Waals surface area contributed by atoms with Gasteiger partial charge in [0.2, 0.25) is 0 Å². The summed E-state index contributed by atoms with van der Waals surface area (Å²) in [5, 5.41) is 14.9. The Labute approximate surface area is 125 Å². The highest BCUT2D eigenvalue weighted by Gasteiger charge is 2.27. The molecular weight excluding hydrogens is 281 g/mol. The molecule has 1 aromatic rings. The summed E-state index contributed by atoms with van der Waals surface area (Å²) in [6.07, 6.45) is 5.56. The number of hydrogen-bond acceptors (Lipinski definition) is 2. The van der Waals surface area contributed by atoms with Crippen LogP contribution in [0.4, 0.5) is 0 Å². The van der Waals surface area contributed by atoms with Crippen LogP contribution in [0.5, 0.6) is 0 Å². The first-order valence-corrected chi connectivity index (χ1v) is 7.64. The minimum absolute atomic E-state index is 0.143. The third-order valence-electron chi connectivity index (χ3n) is 4.00. The van der Waals surface area contributed by atoms with Gasteiger partial charge in [0.15, 0.2) is 0 Å². The molecule has 0 spiro atoms. The summed E-state index contributed by atoms with van der Waals surface area (Å²) in [5.41, 5.74) is 0.839. The molecule has 1 unspecified atom stereocenters. The fourth-order valence-electron chi connectivity index (χ4n) is 2.73.